The van der Waals surface area contributed by atoms with Crippen LogP contribution in [-0.4, -0.2) is 49.6 Å². The standard InChI is InChI=1S/C36H36F3N3O3/c1-3-45-35(44)33(26-9-5-4-6-10-26)41(2)29-21-23-42(24-22-29)30-19-17-28(18-20-30)40-34(43)32-12-8-7-11-31(32)25-13-15-27(16-14-25)36(37,38)39/h4-20,29,33H,3,21-24H2,1-2H3,(H,40,43). The van der Waals surface area contributed by atoms with Crippen molar-refractivity contribution in [3.05, 3.63) is 120 Å². The monoisotopic (exact) mass is 615 g/mol. The van der Waals surface area contributed by atoms with Crippen LogP contribution in [0.15, 0.2) is 103 Å². The molecule has 0 saturated carbocycles. The molecule has 1 amide bonds. The van der Waals surface area contributed by atoms with E-state index in [-0.39, 0.29) is 17.9 Å². The Morgan fingerprint density at radius 2 is 1.51 bits per heavy atom. The minimum Gasteiger partial charge on any atom is -0.465 e. The van der Waals surface area contributed by atoms with Crippen molar-refractivity contribution in [2.24, 2.45) is 0 Å². The molecule has 1 unspecified atom stereocenters. The van der Waals surface area contributed by atoms with E-state index in [4.69, 9.17) is 4.74 Å². The number of likely N-dealkylation sites (N-methyl/N-ethyl adjacent to an activating group) is 1. The normalized spacial score (nSPS) is 14.7. The fourth-order valence-corrected chi connectivity index (χ4v) is 5.86. The van der Waals surface area contributed by atoms with Crippen molar-refractivity contribution in [2.75, 3.05) is 37.0 Å². The summed E-state index contributed by atoms with van der Waals surface area (Å²) in [4.78, 5) is 30.6. The van der Waals surface area contributed by atoms with Gasteiger partial charge in [0.2, 0.25) is 0 Å². The van der Waals surface area contributed by atoms with E-state index in [0.717, 1.165) is 49.3 Å². The Balaban J connectivity index is 1.21. The number of rotatable bonds is 9. The predicted octanol–water partition coefficient (Wildman–Crippen LogP) is 7.83. The molecular formula is C36H36F3N3O3. The highest BCUT2D eigenvalue weighted by Gasteiger charge is 2.33. The summed E-state index contributed by atoms with van der Waals surface area (Å²) in [6, 6.07) is 28.7. The molecule has 5 rings (SSSR count). The first-order chi connectivity index (χ1) is 21.7. The second-order valence-corrected chi connectivity index (χ2v) is 11.1. The van der Waals surface area contributed by atoms with Gasteiger partial charge in [-0.1, -0.05) is 60.7 Å². The number of hydrogen-bond acceptors (Lipinski definition) is 5. The van der Waals surface area contributed by atoms with Crippen molar-refractivity contribution < 1.29 is 27.5 Å². The Bertz CT molecular complexity index is 1580. The molecule has 1 saturated heterocycles. The molecule has 1 aliphatic rings. The number of nitrogens with zero attached hydrogens (tertiary/aromatic N) is 2. The molecule has 9 heteroatoms. The Hall–Kier alpha value is -4.63. The molecule has 4 aromatic rings. The Morgan fingerprint density at radius 3 is 2.13 bits per heavy atom. The molecule has 1 N–H and O–H groups in total. The van der Waals surface area contributed by atoms with Gasteiger partial charge in [0, 0.05) is 36.1 Å². The van der Waals surface area contributed by atoms with Crippen LogP contribution >= 0.6 is 0 Å². The minimum atomic E-state index is -4.43. The van der Waals surface area contributed by atoms with Gasteiger partial charge in [-0.25, -0.2) is 4.79 Å². The van der Waals surface area contributed by atoms with Gasteiger partial charge < -0.3 is 15.0 Å². The van der Waals surface area contributed by atoms with Crippen LogP contribution in [0.3, 0.4) is 0 Å². The third-order valence-corrected chi connectivity index (χ3v) is 8.26. The topological polar surface area (TPSA) is 61.9 Å². The summed E-state index contributed by atoms with van der Waals surface area (Å²) in [6.45, 7) is 3.77. The van der Waals surface area contributed by atoms with E-state index in [0.29, 0.717) is 29.0 Å². The molecule has 0 aliphatic carbocycles. The van der Waals surface area contributed by atoms with E-state index in [2.05, 4.69) is 15.1 Å². The maximum absolute atomic E-state index is 13.2. The van der Waals surface area contributed by atoms with Crippen LogP contribution in [0.4, 0.5) is 24.5 Å². The largest absolute Gasteiger partial charge is 0.465 e. The zero-order valence-electron chi connectivity index (χ0n) is 25.3. The van der Waals surface area contributed by atoms with Crippen molar-refractivity contribution in [2.45, 2.75) is 38.0 Å². The van der Waals surface area contributed by atoms with Crippen LogP contribution in [0.5, 0.6) is 0 Å². The van der Waals surface area contributed by atoms with Crippen LogP contribution in [0.2, 0.25) is 0 Å². The van der Waals surface area contributed by atoms with Gasteiger partial charge in [-0.05, 0) is 86.0 Å². The molecule has 0 radical (unpaired) electrons. The molecule has 1 atom stereocenters. The van der Waals surface area contributed by atoms with Crippen LogP contribution in [0.25, 0.3) is 11.1 Å². The molecular weight excluding hydrogens is 579 g/mol. The summed E-state index contributed by atoms with van der Waals surface area (Å²) < 4.78 is 44.5. The molecule has 1 fully saturated rings. The van der Waals surface area contributed by atoms with Crippen LogP contribution in [0.1, 0.15) is 47.3 Å². The van der Waals surface area contributed by atoms with E-state index in [1.54, 1.807) is 24.3 Å². The van der Waals surface area contributed by atoms with Crippen molar-refractivity contribution in [1.29, 1.82) is 0 Å². The van der Waals surface area contributed by atoms with E-state index < -0.39 is 17.8 Å². The SMILES string of the molecule is CCOC(=O)C(c1ccccc1)N(C)C1CCN(c2ccc(NC(=O)c3ccccc3-c3ccc(C(F)(F)F)cc3)cc2)CC1. The van der Waals surface area contributed by atoms with Gasteiger partial charge in [-0.2, -0.15) is 13.2 Å². The summed E-state index contributed by atoms with van der Waals surface area (Å²) in [7, 11) is 1.99. The number of ether oxygens (including phenoxy) is 1. The van der Waals surface area contributed by atoms with Gasteiger partial charge in [0.05, 0.1) is 12.2 Å². The molecule has 0 spiro atoms. The number of benzene rings is 4. The van der Waals surface area contributed by atoms with Gasteiger partial charge >= 0.3 is 12.1 Å². The first-order valence-electron chi connectivity index (χ1n) is 15.0. The molecule has 45 heavy (non-hydrogen) atoms. The lowest BCUT2D eigenvalue weighted by Crippen LogP contribution is -2.46. The first-order valence-corrected chi connectivity index (χ1v) is 15.0. The number of carbonyl (C=O) groups is 2. The van der Waals surface area contributed by atoms with E-state index >= 15 is 0 Å². The maximum atomic E-state index is 13.2. The van der Waals surface area contributed by atoms with Gasteiger partial charge in [-0.3, -0.25) is 9.69 Å². The van der Waals surface area contributed by atoms with Crippen LogP contribution in [-0.2, 0) is 15.7 Å². The fraction of sp³-hybridized carbons (Fsp3) is 0.278. The predicted molar refractivity (Wildman–Crippen MR) is 170 cm³/mol. The van der Waals surface area contributed by atoms with Crippen molar-refractivity contribution >= 4 is 23.3 Å². The number of anilines is 2. The van der Waals surface area contributed by atoms with Gasteiger partial charge in [0.15, 0.2) is 0 Å². The number of esters is 1. The zero-order valence-corrected chi connectivity index (χ0v) is 25.3. The molecule has 4 aromatic carbocycles. The van der Waals surface area contributed by atoms with Crippen molar-refractivity contribution in [3.63, 3.8) is 0 Å². The lowest BCUT2D eigenvalue weighted by molar-refractivity contribution is -0.150. The number of halogens is 3. The summed E-state index contributed by atoms with van der Waals surface area (Å²) in [5.74, 6) is -0.593. The highest BCUT2D eigenvalue weighted by molar-refractivity contribution is 6.08. The smallest absolute Gasteiger partial charge is 0.416 e. The van der Waals surface area contributed by atoms with Crippen LogP contribution in [0, 0.1) is 0 Å². The van der Waals surface area contributed by atoms with E-state index in [1.165, 1.54) is 12.1 Å². The van der Waals surface area contributed by atoms with E-state index in [1.807, 2.05) is 68.6 Å². The van der Waals surface area contributed by atoms with Crippen LogP contribution < -0.4 is 10.2 Å². The van der Waals surface area contributed by atoms with Crippen molar-refractivity contribution in [1.82, 2.24) is 4.90 Å². The third-order valence-electron chi connectivity index (χ3n) is 8.26. The average Bonchev–Trinajstić information content (AvgIpc) is 3.05. The van der Waals surface area contributed by atoms with Gasteiger partial charge in [-0.15, -0.1) is 0 Å². The molecule has 234 valence electrons. The number of piperidine rings is 1. The Morgan fingerprint density at radius 1 is 0.889 bits per heavy atom. The molecule has 1 heterocycles. The molecule has 0 bridgehead atoms. The summed E-state index contributed by atoms with van der Waals surface area (Å²) in [6.07, 6.45) is -2.68. The number of nitrogens with one attached hydrogen (secondary N) is 1. The lowest BCUT2D eigenvalue weighted by Gasteiger charge is -2.40. The number of amides is 1. The third kappa shape index (κ3) is 7.54. The fourth-order valence-electron chi connectivity index (χ4n) is 5.86. The molecule has 0 aromatic heterocycles. The van der Waals surface area contributed by atoms with Gasteiger partial charge in [0.1, 0.15) is 6.04 Å². The highest BCUT2D eigenvalue weighted by Crippen LogP contribution is 2.33. The van der Waals surface area contributed by atoms with E-state index in [9.17, 15) is 22.8 Å². The Labute approximate surface area is 261 Å². The summed E-state index contributed by atoms with van der Waals surface area (Å²) >= 11 is 0. The second-order valence-electron chi connectivity index (χ2n) is 11.1. The molecule has 6 nitrogen and oxygen atoms in total. The highest BCUT2D eigenvalue weighted by atomic mass is 19.4. The second kappa shape index (κ2) is 14.0. The minimum absolute atomic E-state index is 0.208. The molecule has 1 aliphatic heterocycles. The zero-order chi connectivity index (χ0) is 32.0. The summed E-state index contributed by atoms with van der Waals surface area (Å²) in [5, 5.41) is 2.92. The first kappa shape index (κ1) is 31.8. The number of hydrogen-bond donors (Lipinski definition) is 1. The lowest BCUT2D eigenvalue weighted by atomic mass is 9.98. The Kier molecular flexibility index (Phi) is 9.88. The van der Waals surface area contributed by atoms with Gasteiger partial charge in [0.25, 0.3) is 5.91 Å². The van der Waals surface area contributed by atoms with Crippen molar-refractivity contribution in [3.8, 4) is 11.1 Å². The average molecular weight is 616 g/mol. The quantitative estimate of drug-likeness (QED) is 0.195. The number of carbonyl (C=O) groups excluding carboxylic acids is 2. The maximum Gasteiger partial charge on any atom is 0.416 e. The number of alkyl halides is 3. The summed E-state index contributed by atoms with van der Waals surface area (Å²) in [5.41, 5.74) is 3.26.